The zero-order valence-electron chi connectivity index (χ0n) is 16.7. The number of aliphatic hydroxyl groups excluding tert-OH is 1. The van der Waals surface area contributed by atoms with Crippen LogP contribution in [0.3, 0.4) is 0 Å². The third-order valence-corrected chi connectivity index (χ3v) is 3.59. The van der Waals surface area contributed by atoms with E-state index in [0.717, 1.165) is 17.9 Å². The van der Waals surface area contributed by atoms with Crippen LogP contribution in [0.25, 0.3) is 0 Å². The SMILES string of the molecule is CCNC(=NCC(C)(C)OC)NCC(O)c1cccc(OC(C)C)c1.I. The molecule has 0 aliphatic heterocycles. The molecule has 6 nitrogen and oxygen atoms in total. The Kier molecular flexibility index (Phi) is 11.8. The van der Waals surface area contributed by atoms with Crippen molar-refractivity contribution in [2.24, 2.45) is 4.99 Å². The number of halogens is 1. The van der Waals surface area contributed by atoms with E-state index in [1.54, 1.807) is 7.11 Å². The van der Waals surface area contributed by atoms with E-state index < -0.39 is 6.10 Å². The molecule has 150 valence electrons. The van der Waals surface area contributed by atoms with Crippen LogP contribution in [0.2, 0.25) is 0 Å². The first-order valence-corrected chi connectivity index (χ1v) is 8.79. The Bertz CT molecular complexity index is 551. The maximum Gasteiger partial charge on any atom is 0.191 e. The zero-order valence-corrected chi connectivity index (χ0v) is 19.0. The summed E-state index contributed by atoms with van der Waals surface area (Å²) in [4.78, 5) is 4.51. The van der Waals surface area contributed by atoms with Crippen LogP contribution < -0.4 is 15.4 Å². The largest absolute Gasteiger partial charge is 0.491 e. The normalized spacial score (nSPS) is 13.2. The van der Waals surface area contributed by atoms with Gasteiger partial charge in [0.15, 0.2) is 5.96 Å². The number of nitrogens with one attached hydrogen (secondary N) is 2. The molecule has 26 heavy (non-hydrogen) atoms. The number of methoxy groups -OCH3 is 1. The van der Waals surface area contributed by atoms with Gasteiger partial charge in [-0.3, -0.25) is 4.99 Å². The highest BCUT2D eigenvalue weighted by molar-refractivity contribution is 14.0. The second kappa shape index (κ2) is 12.3. The topological polar surface area (TPSA) is 75.1 Å². The molecular weight excluding hydrogens is 445 g/mol. The number of aliphatic hydroxyl groups is 1. The molecule has 0 aliphatic rings. The smallest absolute Gasteiger partial charge is 0.191 e. The van der Waals surface area contributed by atoms with Gasteiger partial charge in [0.25, 0.3) is 0 Å². The molecule has 1 unspecified atom stereocenters. The third-order valence-electron chi connectivity index (χ3n) is 3.59. The number of ether oxygens (including phenoxy) is 2. The molecule has 0 fully saturated rings. The van der Waals surface area contributed by atoms with Gasteiger partial charge in [-0.15, -0.1) is 24.0 Å². The molecule has 0 spiro atoms. The quantitative estimate of drug-likeness (QED) is 0.289. The lowest BCUT2D eigenvalue weighted by molar-refractivity contribution is 0.0310. The van der Waals surface area contributed by atoms with Crippen molar-refractivity contribution in [2.75, 3.05) is 26.7 Å². The molecule has 1 atom stereocenters. The van der Waals surface area contributed by atoms with E-state index in [4.69, 9.17) is 9.47 Å². The Labute approximate surface area is 174 Å². The van der Waals surface area contributed by atoms with Crippen molar-refractivity contribution < 1.29 is 14.6 Å². The molecular formula is C19H34IN3O3. The summed E-state index contributed by atoms with van der Waals surface area (Å²) in [5.74, 6) is 1.41. The van der Waals surface area contributed by atoms with Crippen LogP contribution in [0.15, 0.2) is 29.3 Å². The Morgan fingerprint density at radius 2 is 1.96 bits per heavy atom. The number of nitrogens with zero attached hydrogens (tertiary/aromatic N) is 1. The lowest BCUT2D eigenvalue weighted by Gasteiger charge is -2.22. The van der Waals surface area contributed by atoms with E-state index in [9.17, 15) is 5.11 Å². The van der Waals surface area contributed by atoms with Crippen LogP contribution >= 0.6 is 24.0 Å². The molecule has 3 N–H and O–H groups in total. The van der Waals surface area contributed by atoms with Gasteiger partial charge in [-0.25, -0.2) is 0 Å². The molecule has 0 aliphatic carbocycles. The Balaban J connectivity index is 0.00000625. The highest BCUT2D eigenvalue weighted by Gasteiger charge is 2.16. The predicted molar refractivity (Wildman–Crippen MR) is 118 cm³/mol. The second-order valence-electron chi connectivity index (χ2n) is 6.79. The van der Waals surface area contributed by atoms with E-state index in [0.29, 0.717) is 19.0 Å². The fraction of sp³-hybridized carbons (Fsp3) is 0.632. The van der Waals surface area contributed by atoms with E-state index in [1.165, 1.54) is 0 Å². The summed E-state index contributed by atoms with van der Waals surface area (Å²) < 4.78 is 11.1. The summed E-state index contributed by atoms with van der Waals surface area (Å²) in [7, 11) is 1.67. The fourth-order valence-corrected chi connectivity index (χ4v) is 2.05. The summed E-state index contributed by atoms with van der Waals surface area (Å²) in [5, 5.41) is 16.8. The Hall–Kier alpha value is -1.06. The molecule has 0 amide bonds. The molecule has 0 aromatic heterocycles. The van der Waals surface area contributed by atoms with E-state index >= 15 is 0 Å². The number of benzene rings is 1. The molecule has 1 aromatic carbocycles. The average Bonchev–Trinajstić information content (AvgIpc) is 2.56. The zero-order chi connectivity index (χ0) is 18.9. The van der Waals surface area contributed by atoms with Gasteiger partial charge in [-0.2, -0.15) is 0 Å². The van der Waals surface area contributed by atoms with Crippen molar-refractivity contribution in [1.82, 2.24) is 10.6 Å². The predicted octanol–water partition coefficient (Wildman–Crippen LogP) is 3.11. The summed E-state index contributed by atoms with van der Waals surface area (Å²) in [6.07, 6.45) is -0.558. The summed E-state index contributed by atoms with van der Waals surface area (Å²) in [6.45, 7) is 11.5. The highest BCUT2D eigenvalue weighted by Crippen LogP contribution is 2.20. The fourth-order valence-electron chi connectivity index (χ4n) is 2.05. The molecule has 1 aromatic rings. The van der Waals surface area contributed by atoms with Gasteiger partial charge in [0.05, 0.1) is 24.4 Å². The molecule has 0 heterocycles. The minimum atomic E-state index is -0.657. The van der Waals surface area contributed by atoms with Crippen LogP contribution in [0.1, 0.15) is 46.3 Å². The third kappa shape index (κ3) is 9.59. The standard InChI is InChI=1S/C19H33N3O3.HI/c1-7-20-18(22-13-19(4,5)24-6)21-12-17(23)15-9-8-10-16(11-15)25-14(2)3;/h8-11,14,17,23H,7,12-13H2,1-6H3,(H2,20,21,22);1H. The number of hydrogen-bond donors (Lipinski definition) is 3. The maximum atomic E-state index is 10.4. The number of aliphatic imine (C=N–C) groups is 1. The van der Waals surface area contributed by atoms with Crippen molar-refractivity contribution in [3.8, 4) is 5.75 Å². The van der Waals surface area contributed by atoms with Crippen LogP contribution in [0.5, 0.6) is 5.75 Å². The van der Waals surface area contributed by atoms with Crippen LogP contribution in [-0.2, 0) is 4.74 Å². The van der Waals surface area contributed by atoms with Crippen molar-refractivity contribution in [3.05, 3.63) is 29.8 Å². The van der Waals surface area contributed by atoms with Gasteiger partial charge in [0, 0.05) is 20.2 Å². The van der Waals surface area contributed by atoms with Crippen molar-refractivity contribution >= 4 is 29.9 Å². The van der Waals surface area contributed by atoms with Crippen molar-refractivity contribution in [3.63, 3.8) is 0 Å². The summed E-state index contributed by atoms with van der Waals surface area (Å²) in [5.41, 5.74) is 0.474. The van der Waals surface area contributed by atoms with Gasteiger partial charge >= 0.3 is 0 Å². The van der Waals surface area contributed by atoms with E-state index in [-0.39, 0.29) is 35.7 Å². The Morgan fingerprint density at radius 1 is 1.27 bits per heavy atom. The minimum Gasteiger partial charge on any atom is -0.491 e. The number of rotatable bonds is 9. The van der Waals surface area contributed by atoms with Gasteiger partial charge in [0.1, 0.15) is 5.75 Å². The summed E-state index contributed by atoms with van der Waals surface area (Å²) in [6, 6.07) is 7.53. The number of hydrogen-bond acceptors (Lipinski definition) is 4. The van der Waals surface area contributed by atoms with Gasteiger partial charge in [-0.05, 0) is 52.3 Å². The molecule has 0 saturated heterocycles. The van der Waals surface area contributed by atoms with Crippen LogP contribution in [-0.4, -0.2) is 49.5 Å². The second-order valence-corrected chi connectivity index (χ2v) is 6.79. The average molecular weight is 479 g/mol. The van der Waals surface area contributed by atoms with Crippen molar-refractivity contribution in [2.45, 2.75) is 52.4 Å². The van der Waals surface area contributed by atoms with Crippen molar-refractivity contribution in [1.29, 1.82) is 0 Å². The molecule has 1 rings (SSSR count). The lowest BCUT2D eigenvalue weighted by Crippen LogP contribution is -2.40. The first-order valence-electron chi connectivity index (χ1n) is 8.79. The van der Waals surface area contributed by atoms with Gasteiger partial charge in [-0.1, -0.05) is 12.1 Å². The highest BCUT2D eigenvalue weighted by atomic mass is 127. The molecule has 0 bridgehead atoms. The molecule has 0 radical (unpaired) electrons. The summed E-state index contributed by atoms with van der Waals surface area (Å²) >= 11 is 0. The maximum absolute atomic E-state index is 10.4. The molecule has 0 saturated carbocycles. The molecule has 7 heteroatoms. The van der Waals surface area contributed by atoms with E-state index in [2.05, 4.69) is 15.6 Å². The van der Waals surface area contributed by atoms with Gasteiger partial charge in [0.2, 0.25) is 0 Å². The minimum absolute atomic E-state index is 0. The van der Waals surface area contributed by atoms with Crippen LogP contribution in [0.4, 0.5) is 0 Å². The number of guanidine groups is 1. The Morgan fingerprint density at radius 3 is 2.54 bits per heavy atom. The van der Waals surface area contributed by atoms with Crippen LogP contribution in [0, 0.1) is 0 Å². The lowest BCUT2D eigenvalue weighted by atomic mass is 10.1. The van der Waals surface area contributed by atoms with E-state index in [1.807, 2.05) is 58.9 Å². The monoisotopic (exact) mass is 479 g/mol. The first-order chi connectivity index (χ1) is 11.8. The first kappa shape index (κ1) is 24.9. The van der Waals surface area contributed by atoms with Gasteiger partial charge < -0.3 is 25.2 Å².